The number of carbonyl (C=O) groups excluding carboxylic acids is 1. The van der Waals surface area contributed by atoms with Crippen LogP contribution in [0.2, 0.25) is 0 Å². The first kappa shape index (κ1) is 18.1. The summed E-state index contributed by atoms with van der Waals surface area (Å²) < 4.78 is 25.2. The van der Waals surface area contributed by atoms with Crippen LogP contribution in [-0.2, 0) is 16.4 Å². The number of hydrogen-bond donors (Lipinski definition) is 1. The SMILES string of the molecule is CN1CCc2ccc(C(=O)N3C[C@@H](CS(=O)(=O)N(C)C)[C@H](O)C3)nc21. The number of likely N-dealkylation sites (N-methyl/N-ethyl adjacent to an activating group) is 1. The molecule has 1 amide bonds. The van der Waals surface area contributed by atoms with Gasteiger partial charge in [-0.05, 0) is 18.1 Å². The molecule has 9 heteroatoms. The summed E-state index contributed by atoms with van der Waals surface area (Å²) in [7, 11) is 1.43. The maximum absolute atomic E-state index is 12.7. The number of amides is 1. The van der Waals surface area contributed by atoms with Gasteiger partial charge < -0.3 is 14.9 Å². The minimum atomic E-state index is -3.43. The molecule has 0 aliphatic carbocycles. The Morgan fingerprint density at radius 1 is 1.36 bits per heavy atom. The second-order valence-corrected chi connectivity index (χ2v) is 9.18. The van der Waals surface area contributed by atoms with Gasteiger partial charge in [0.05, 0.1) is 11.9 Å². The van der Waals surface area contributed by atoms with Crippen LogP contribution in [0.25, 0.3) is 0 Å². The Bertz CT molecular complexity index is 780. The normalized spacial score (nSPS) is 23.4. The molecule has 2 atom stereocenters. The van der Waals surface area contributed by atoms with Crippen molar-refractivity contribution in [2.24, 2.45) is 5.92 Å². The van der Waals surface area contributed by atoms with E-state index in [1.54, 1.807) is 6.07 Å². The molecular weight excluding hydrogens is 344 g/mol. The highest BCUT2D eigenvalue weighted by Gasteiger charge is 2.38. The lowest BCUT2D eigenvalue weighted by Gasteiger charge is -2.18. The molecule has 0 saturated carbocycles. The first-order valence-electron chi connectivity index (χ1n) is 8.27. The van der Waals surface area contributed by atoms with Gasteiger partial charge in [0.2, 0.25) is 10.0 Å². The maximum atomic E-state index is 12.7. The van der Waals surface area contributed by atoms with Crippen LogP contribution in [-0.4, -0.2) is 86.3 Å². The van der Waals surface area contributed by atoms with Crippen LogP contribution in [0, 0.1) is 5.92 Å². The highest BCUT2D eigenvalue weighted by atomic mass is 32.2. The summed E-state index contributed by atoms with van der Waals surface area (Å²) in [6.07, 6.45) is 0.0657. The Balaban J connectivity index is 1.73. The van der Waals surface area contributed by atoms with Crippen molar-refractivity contribution >= 4 is 21.7 Å². The number of aromatic nitrogens is 1. The van der Waals surface area contributed by atoms with Gasteiger partial charge in [-0.3, -0.25) is 4.79 Å². The number of fused-ring (bicyclic) bond motifs is 1. The lowest BCUT2D eigenvalue weighted by atomic mass is 10.1. The summed E-state index contributed by atoms with van der Waals surface area (Å²) in [5.74, 6) is -0.122. The number of sulfonamides is 1. The molecule has 3 heterocycles. The summed E-state index contributed by atoms with van der Waals surface area (Å²) in [5, 5.41) is 10.2. The number of anilines is 1. The van der Waals surface area contributed by atoms with Gasteiger partial charge in [-0.2, -0.15) is 0 Å². The molecule has 3 rings (SSSR count). The summed E-state index contributed by atoms with van der Waals surface area (Å²) >= 11 is 0. The summed E-state index contributed by atoms with van der Waals surface area (Å²) in [6, 6.07) is 3.62. The van der Waals surface area contributed by atoms with Gasteiger partial charge in [0.1, 0.15) is 11.5 Å². The molecule has 0 aromatic carbocycles. The highest BCUT2D eigenvalue weighted by Crippen LogP contribution is 2.26. The van der Waals surface area contributed by atoms with Gasteiger partial charge in [0.25, 0.3) is 5.91 Å². The van der Waals surface area contributed by atoms with Gasteiger partial charge in [-0.25, -0.2) is 17.7 Å². The average molecular weight is 368 g/mol. The van der Waals surface area contributed by atoms with E-state index in [1.165, 1.54) is 19.0 Å². The monoisotopic (exact) mass is 368 g/mol. The van der Waals surface area contributed by atoms with Gasteiger partial charge >= 0.3 is 0 Å². The third-order valence-electron chi connectivity index (χ3n) is 4.93. The van der Waals surface area contributed by atoms with E-state index < -0.39 is 22.0 Å². The number of pyridine rings is 1. The van der Waals surface area contributed by atoms with E-state index in [0.29, 0.717) is 5.69 Å². The summed E-state index contributed by atoms with van der Waals surface area (Å²) in [5.41, 5.74) is 1.45. The molecule has 138 valence electrons. The van der Waals surface area contributed by atoms with Crippen LogP contribution in [0.5, 0.6) is 0 Å². The first-order chi connectivity index (χ1) is 11.7. The third kappa shape index (κ3) is 3.49. The maximum Gasteiger partial charge on any atom is 0.272 e. The largest absolute Gasteiger partial charge is 0.391 e. The fourth-order valence-corrected chi connectivity index (χ4v) is 4.45. The van der Waals surface area contributed by atoms with Crippen molar-refractivity contribution in [2.75, 3.05) is 51.4 Å². The van der Waals surface area contributed by atoms with Gasteiger partial charge in [0, 0.05) is 46.7 Å². The Labute approximate surface area is 148 Å². The molecule has 1 fully saturated rings. The van der Waals surface area contributed by atoms with Crippen molar-refractivity contribution in [2.45, 2.75) is 12.5 Å². The molecule has 1 aromatic rings. The van der Waals surface area contributed by atoms with Crippen LogP contribution < -0.4 is 4.90 Å². The van der Waals surface area contributed by atoms with Crippen LogP contribution in [0.3, 0.4) is 0 Å². The molecule has 25 heavy (non-hydrogen) atoms. The second kappa shape index (κ2) is 6.54. The smallest absolute Gasteiger partial charge is 0.272 e. The van der Waals surface area contributed by atoms with Crippen molar-refractivity contribution < 1.29 is 18.3 Å². The van der Waals surface area contributed by atoms with E-state index in [0.717, 1.165) is 28.7 Å². The minimum absolute atomic E-state index is 0.126. The van der Waals surface area contributed by atoms with E-state index in [4.69, 9.17) is 0 Å². The van der Waals surface area contributed by atoms with Crippen LogP contribution >= 0.6 is 0 Å². The molecule has 1 saturated heterocycles. The lowest BCUT2D eigenvalue weighted by Crippen LogP contribution is -2.33. The van der Waals surface area contributed by atoms with Crippen molar-refractivity contribution in [1.29, 1.82) is 0 Å². The zero-order valence-corrected chi connectivity index (χ0v) is 15.5. The molecule has 0 spiro atoms. The Morgan fingerprint density at radius 3 is 2.76 bits per heavy atom. The van der Waals surface area contributed by atoms with Crippen LogP contribution in [0.4, 0.5) is 5.82 Å². The fraction of sp³-hybridized carbons (Fsp3) is 0.625. The molecule has 0 bridgehead atoms. The zero-order valence-electron chi connectivity index (χ0n) is 14.7. The molecule has 8 nitrogen and oxygen atoms in total. The van der Waals surface area contributed by atoms with Gasteiger partial charge in [-0.15, -0.1) is 0 Å². The Kier molecular flexibility index (Phi) is 4.74. The third-order valence-corrected chi connectivity index (χ3v) is 6.89. The molecule has 1 N–H and O–H groups in total. The molecule has 0 unspecified atom stereocenters. The number of nitrogens with zero attached hydrogens (tertiary/aromatic N) is 4. The quantitative estimate of drug-likeness (QED) is 0.763. The number of rotatable bonds is 4. The van der Waals surface area contributed by atoms with Crippen molar-refractivity contribution in [1.82, 2.24) is 14.2 Å². The van der Waals surface area contributed by atoms with E-state index in [9.17, 15) is 18.3 Å². The summed E-state index contributed by atoms with van der Waals surface area (Å²) in [6.45, 7) is 1.22. The standard InChI is InChI=1S/C16H24N4O4S/c1-18(2)25(23,24)10-12-8-20(9-14(12)21)16(22)13-5-4-11-6-7-19(3)15(11)17-13/h4-5,12,14,21H,6-10H2,1-3H3/t12-,14+/m0/s1. The molecule has 2 aliphatic heterocycles. The number of aliphatic hydroxyl groups excluding tert-OH is 1. The van der Waals surface area contributed by atoms with Crippen molar-refractivity contribution in [3.63, 3.8) is 0 Å². The molecular formula is C16H24N4O4S. The minimum Gasteiger partial charge on any atom is -0.391 e. The number of likely N-dealkylation sites (tertiary alicyclic amines) is 1. The fourth-order valence-electron chi connectivity index (χ4n) is 3.28. The first-order valence-corrected chi connectivity index (χ1v) is 9.88. The van der Waals surface area contributed by atoms with E-state index in [1.807, 2.05) is 18.0 Å². The average Bonchev–Trinajstić information content (AvgIpc) is 3.10. The molecule has 2 aliphatic rings. The number of carbonyl (C=O) groups is 1. The van der Waals surface area contributed by atoms with Crippen molar-refractivity contribution in [3.05, 3.63) is 23.4 Å². The number of aliphatic hydroxyl groups is 1. The lowest BCUT2D eigenvalue weighted by molar-refractivity contribution is 0.0759. The zero-order chi connectivity index (χ0) is 18.4. The van der Waals surface area contributed by atoms with E-state index in [-0.39, 0.29) is 24.7 Å². The second-order valence-electron chi connectivity index (χ2n) is 6.95. The van der Waals surface area contributed by atoms with Gasteiger partial charge in [0.15, 0.2) is 0 Å². The molecule has 0 radical (unpaired) electrons. The predicted octanol–water partition coefficient (Wildman–Crippen LogP) is -0.602. The van der Waals surface area contributed by atoms with E-state index >= 15 is 0 Å². The van der Waals surface area contributed by atoms with Crippen LogP contribution in [0.15, 0.2) is 12.1 Å². The van der Waals surface area contributed by atoms with Crippen LogP contribution in [0.1, 0.15) is 16.1 Å². The van der Waals surface area contributed by atoms with E-state index in [2.05, 4.69) is 4.98 Å². The van der Waals surface area contributed by atoms with Gasteiger partial charge in [-0.1, -0.05) is 6.07 Å². The Morgan fingerprint density at radius 2 is 2.08 bits per heavy atom. The predicted molar refractivity (Wildman–Crippen MR) is 94.1 cm³/mol. The highest BCUT2D eigenvalue weighted by molar-refractivity contribution is 7.89. The topological polar surface area (TPSA) is 94.1 Å². The Hall–Kier alpha value is -1.71. The summed E-state index contributed by atoms with van der Waals surface area (Å²) in [4.78, 5) is 20.7. The van der Waals surface area contributed by atoms with Crippen molar-refractivity contribution in [3.8, 4) is 0 Å². The number of β-amino-alcohol motifs (C(OH)–C–C–N with tert-alkyl or cyclic N) is 1. The molecule has 1 aromatic heterocycles. The number of hydrogen-bond acceptors (Lipinski definition) is 6.